The molecular formula is C82H53N3. The van der Waals surface area contributed by atoms with E-state index in [0.29, 0.717) is 5.82 Å². The number of fused-ring (bicyclic) bond motifs is 5. The Balaban J connectivity index is 0.840. The van der Waals surface area contributed by atoms with Gasteiger partial charge in [-0.3, -0.25) is 4.99 Å². The Morgan fingerprint density at radius 2 is 0.706 bits per heavy atom. The monoisotopic (exact) mass is 1080 g/mol. The van der Waals surface area contributed by atoms with Gasteiger partial charge in [-0.25, -0.2) is 9.97 Å². The van der Waals surface area contributed by atoms with Crippen LogP contribution in [-0.4, -0.2) is 15.7 Å². The molecule has 3 heteroatoms. The third-order valence-electron chi connectivity index (χ3n) is 17.1. The topological polar surface area (TPSA) is 38.1 Å². The van der Waals surface area contributed by atoms with Crippen LogP contribution in [-0.2, 0) is 0 Å². The highest BCUT2D eigenvalue weighted by Crippen LogP contribution is 2.45. The molecule has 85 heavy (non-hydrogen) atoms. The maximum absolute atomic E-state index is 5.63. The van der Waals surface area contributed by atoms with Crippen LogP contribution in [0.5, 0.6) is 0 Å². The maximum atomic E-state index is 5.63. The second kappa shape index (κ2) is 21.0. The van der Waals surface area contributed by atoms with Gasteiger partial charge >= 0.3 is 0 Å². The molecule has 0 aliphatic carbocycles. The average molecular weight is 1080 g/mol. The average Bonchev–Trinajstić information content (AvgIpc) is 2.47. The molecule has 0 saturated heterocycles. The number of hydrogen-bond donors (Lipinski definition) is 0. The van der Waals surface area contributed by atoms with Gasteiger partial charge in [-0.1, -0.05) is 267 Å². The first kappa shape index (κ1) is 49.7. The second-order valence-corrected chi connectivity index (χ2v) is 22.3. The molecule has 0 N–H and O–H groups in total. The molecule has 1 aliphatic heterocycles. The molecule has 1 aromatic heterocycles. The van der Waals surface area contributed by atoms with Crippen molar-refractivity contribution >= 4 is 54.6 Å². The molecule has 0 spiro atoms. The van der Waals surface area contributed by atoms with Crippen LogP contribution in [0.3, 0.4) is 0 Å². The van der Waals surface area contributed by atoms with Gasteiger partial charge in [0, 0.05) is 22.1 Å². The van der Waals surface area contributed by atoms with E-state index in [1.54, 1.807) is 0 Å². The van der Waals surface area contributed by atoms with Crippen LogP contribution in [0.1, 0.15) is 22.6 Å². The first-order chi connectivity index (χ1) is 42.1. The van der Waals surface area contributed by atoms with E-state index in [4.69, 9.17) is 15.0 Å². The zero-order valence-corrected chi connectivity index (χ0v) is 46.4. The van der Waals surface area contributed by atoms with Gasteiger partial charge in [0.25, 0.3) is 0 Å². The Bertz CT molecular complexity index is 5070. The van der Waals surface area contributed by atoms with Crippen LogP contribution in [0.25, 0.3) is 133 Å². The van der Waals surface area contributed by atoms with Gasteiger partial charge in [0.2, 0.25) is 0 Å². The Hall–Kier alpha value is -11.1. The highest BCUT2D eigenvalue weighted by molar-refractivity contribution is 6.12. The van der Waals surface area contributed by atoms with Crippen LogP contribution in [0.4, 0.5) is 5.69 Å². The summed E-state index contributed by atoms with van der Waals surface area (Å²) in [5.41, 5.74) is 23.0. The Labute approximate surface area is 494 Å². The van der Waals surface area contributed by atoms with Crippen LogP contribution in [0.2, 0.25) is 0 Å². The van der Waals surface area contributed by atoms with E-state index in [2.05, 4.69) is 315 Å². The summed E-state index contributed by atoms with van der Waals surface area (Å²) in [5.74, 6) is 0.711. The van der Waals surface area contributed by atoms with Crippen molar-refractivity contribution < 1.29 is 0 Å². The third kappa shape index (κ3) is 9.25. The molecule has 0 radical (unpaired) electrons. The first-order valence-electron chi connectivity index (χ1n) is 29.2. The van der Waals surface area contributed by atoms with Crippen LogP contribution < -0.4 is 0 Å². The molecule has 15 aromatic rings. The molecule has 1 atom stereocenters. The Morgan fingerprint density at radius 1 is 0.247 bits per heavy atom. The van der Waals surface area contributed by atoms with Gasteiger partial charge in [-0.15, -0.1) is 0 Å². The van der Waals surface area contributed by atoms with Gasteiger partial charge in [-0.2, -0.15) is 0 Å². The van der Waals surface area contributed by atoms with Gasteiger partial charge < -0.3 is 0 Å². The SMILES string of the molecule is c1ccc(C2=Nc3cc(-c4ccc(-c5nc(-c6ccc(-c7ccc8c(-c9ccccc9)cc(-c9ccccc9)cc8c7)cc6)c6cc(-c7ccc8ccccc8c7)cc(-c7ccc8ccccc8c7)c6n5)cc4)ccc3C2c2ccccc2)cc1. The summed E-state index contributed by atoms with van der Waals surface area (Å²) in [4.78, 5) is 16.6. The summed E-state index contributed by atoms with van der Waals surface area (Å²) < 4.78 is 0. The molecule has 0 saturated carbocycles. The molecule has 1 unspecified atom stereocenters. The minimum atomic E-state index is 0.0507. The molecule has 0 amide bonds. The van der Waals surface area contributed by atoms with Crippen molar-refractivity contribution in [1.82, 2.24) is 9.97 Å². The van der Waals surface area contributed by atoms with E-state index >= 15 is 0 Å². The fourth-order valence-corrected chi connectivity index (χ4v) is 12.8. The molecule has 3 nitrogen and oxygen atoms in total. The van der Waals surface area contributed by atoms with E-state index in [0.717, 1.165) is 89.2 Å². The normalized spacial score (nSPS) is 12.9. The van der Waals surface area contributed by atoms with E-state index in [1.165, 1.54) is 65.7 Å². The van der Waals surface area contributed by atoms with Crippen molar-refractivity contribution in [3.05, 3.63) is 332 Å². The smallest absolute Gasteiger partial charge is 0.160 e. The largest absolute Gasteiger partial charge is 0.251 e. The number of nitrogens with zero attached hydrogens (tertiary/aromatic N) is 3. The van der Waals surface area contributed by atoms with E-state index in [1.807, 2.05) is 0 Å². The first-order valence-corrected chi connectivity index (χ1v) is 29.2. The zero-order chi connectivity index (χ0) is 56.2. The van der Waals surface area contributed by atoms with Crippen molar-refractivity contribution in [2.75, 3.05) is 0 Å². The van der Waals surface area contributed by atoms with Crippen LogP contribution in [0, 0.1) is 0 Å². The fourth-order valence-electron chi connectivity index (χ4n) is 12.8. The number of aromatic nitrogens is 2. The van der Waals surface area contributed by atoms with Gasteiger partial charge in [0.15, 0.2) is 5.82 Å². The summed E-state index contributed by atoms with van der Waals surface area (Å²) in [6.07, 6.45) is 0. The fraction of sp³-hybridized carbons (Fsp3) is 0.0122. The van der Waals surface area contributed by atoms with Crippen LogP contribution >= 0.6 is 0 Å². The molecule has 0 bridgehead atoms. The lowest BCUT2D eigenvalue weighted by Gasteiger charge is -2.17. The molecule has 1 aliphatic rings. The van der Waals surface area contributed by atoms with Gasteiger partial charge in [0.1, 0.15) is 0 Å². The predicted octanol–water partition coefficient (Wildman–Crippen LogP) is 21.7. The van der Waals surface area contributed by atoms with Crippen LogP contribution in [0.15, 0.2) is 320 Å². The summed E-state index contributed by atoms with van der Waals surface area (Å²) in [6, 6.07) is 114. The van der Waals surface area contributed by atoms with Gasteiger partial charge in [0.05, 0.1) is 28.5 Å². The number of hydrogen-bond acceptors (Lipinski definition) is 3. The Kier molecular flexibility index (Phi) is 12.3. The van der Waals surface area contributed by atoms with Crippen molar-refractivity contribution in [1.29, 1.82) is 0 Å². The van der Waals surface area contributed by atoms with Crippen molar-refractivity contribution in [2.45, 2.75) is 5.92 Å². The lowest BCUT2D eigenvalue weighted by molar-refractivity contribution is 1.11. The molecule has 0 fully saturated rings. The maximum Gasteiger partial charge on any atom is 0.160 e. The van der Waals surface area contributed by atoms with E-state index < -0.39 is 0 Å². The minimum Gasteiger partial charge on any atom is -0.251 e. The van der Waals surface area contributed by atoms with Crippen molar-refractivity contribution in [3.8, 4) is 89.4 Å². The summed E-state index contributed by atoms with van der Waals surface area (Å²) in [6.45, 7) is 0. The highest BCUT2D eigenvalue weighted by Gasteiger charge is 2.30. The second-order valence-electron chi connectivity index (χ2n) is 22.3. The summed E-state index contributed by atoms with van der Waals surface area (Å²) in [7, 11) is 0. The van der Waals surface area contributed by atoms with E-state index in [9.17, 15) is 0 Å². The third-order valence-corrected chi connectivity index (χ3v) is 17.1. The van der Waals surface area contributed by atoms with Gasteiger partial charge in [-0.05, 0) is 159 Å². The predicted molar refractivity (Wildman–Crippen MR) is 356 cm³/mol. The molecule has 2 heterocycles. The highest BCUT2D eigenvalue weighted by atomic mass is 14.9. The number of benzene rings is 14. The molecular weight excluding hydrogens is 1030 g/mol. The minimum absolute atomic E-state index is 0.0507. The number of rotatable bonds is 10. The Morgan fingerprint density at radius 3 is 1.39 bits per heavy atom. The summed E-state index contributed by atoms with van der Waals surface area (Å²) in [5, 5.41) is 8.17. The lowest BCUT2D eigenvalue weighted by atomic mass is 9.85. The quantitative estimate of drug-likeness (QED) is 0.137. The summed E-state index contributed by atoms with van der Waals surface area (Å²) >= 11 is 0. The zero-order valence-electron chi connectivity index (χ0n) is 46.4. The van der Waals surface area contributed by atoms with Crippen molar-refractivity contribution in [3.63, 3.8) is 0 Å². The lowest BCUT2D eigenvalue weighted by Crippen LogP contribution is -2.11. The van der Waals surface area contributed by atoms with E-state index in [-0.39, 0.29) is 5.92 Å². The molecule has 396 valence electrons. The standard InChI is InChI=1S/C82H53N3/c1-5-17-53(18-6-1)69-48-71-47-65(41-43-72(71)74(49-69)58-21-7-2-8-22-58)56-29-35-61(36-30-56)79-76-51-70(66-39-33-54-19-13-15-27-63(54)45-66)50-75(68-40-34-55-20-14-16-28-64(55)46-68)81(76)85-82(84-79)62-37-31-57(32-38-62)67-42-44-73-77(52-67)83-80(60-25-11-4-12-26-60)78(73)59-23-9-3-10-24-59/h1-52,78H. The number of aliphatic imine (C=N–C) groups is 1. The molecule has 16 rings (SSSR count). The van der Waals surface area contributed by atoms with Crippen molar-refractivity contribution in [2.24, 2.45) is 4.99 Å². The molecule has 14 aromatic carbocycles.